The van der Waals surface area contributed by atoms with Crippen LogP contribution in [0.25, 0.3) is 0 Å². The van der Waals surface area contributed by atoms with Gasteiger partial charge in [0.15, 0.2) is 0 Å². The van der Waals surface area contributed by atoms with E-state index in [1.807, 2.05) is 20.0 Å². The molecule has 1 N–H and O–H groups in total. The van der Waals surface area contributed by atoms with Crippen LogP contribution in [0.1, 0.15) is 20.3 Å². The molecule has 1 atom stereocenters. The van der Waals surface area contributed by atoms with Crippen molar-refractivity contribution in [3.63, 3.8) is 0 Å². The molecule has 0 spiro atoms. The molecule has 1 rings (SSSR count). The second-order valence-electron chi connectivity index (χ2n) is 3.57. The fourth-order valence-corrected chi connectivity index (χ4v) is 1.55. The number of nitrogens with zero attached hydrogens (tertiary/aromatic N) is 2. The summed E-state index contributed by atoms with van der Waals surface area (Å²) in [6, 6.07) is 0. The Morgan fingerprint density at radius 1 is 1.73 bits per heavy atom. The molecule has 1 amide bonds. The topological polar surface area (TPSA) is 46.9 Å². The monoisotopic (exact) mass is 273 g/mol. The van der Waals surface area contributed by atoms with E-state index in [0.717, 1.165) is 17.4 Å². The van der Waals surface area contributed by atoms with Crippen LogP contribution in [-0.2, 0) is 11.3 Å². The molecule has 0 unspecified atom stereocenters. The van der Waals surface area contributed by atoms with Crippen LogP contribution >= 0.6 is 15.9 Å². The van der Waals surface area contributed by atoms with Gasteiger partial charge in [-0.1, -0.05) is 13.8 Å². The Labute approximate surface area is 98.2 Å². The highest BCUT2D eigenvalue weighted by Crippen LogP contribution is 2.08. The molecule has 15 heavy (non-hydrogen) atoms. The quantitative estimate of drug-likeness (QED) is 0.890. The molecule has 84 valence electrons. The van der Waals surface area contributed by atoms with Crippen molar-refractivity contribution in [2.75, 3.05) is 6.54 Å². The molecule has 0 aliphatic carbocycles. The van der Waals surface area contributed by atoms with Crippen molar-refractivity contribution in [2.24, 2.45) is 5.92 Å². The van der Waals surface area contributed by atoms with Crippen LogP contribution in [0.5, 0.6) is 0 Å². The predicted octanol–water partition coefficient (Wildman–Crippen LogP) is 1.81. The summed E-state index contributed by atoms with van der Waals surface area (Å²) in [4.78, 5) is 11.5. The summed E-state index contributed by atoms with van der Waals surface area (Å²) in [5.41, 5.74) is 0. The van der Waals surface area contributed by atoms with E-state index in [0.29, 0.717) is 6.54 Å². The summed E-state index contributed by atoms with van der Waals surface area (Å²) in [5.74, 6) is 0.0341. The maximum Gasteiger partial charge on any atom is 0.224 e. The lowest BCUT2D eigenvalue weighted by Crippen LogP contribution is -2.32. The van der Waals surface area contributed by atoms with Crippen molar-refractivity contribution in [3.05, 3.63) is 16.9 Å². The first-order chi connectivity index (χ1) is 7.13. The SMILES string of the molecule is CCCNC(=O)[C@H](C)Cn1cc(Br)cn1. The Morgan fingerprint density at radius 3 is 3.00 bits per heavy atom. The minimum absolute atomic E-state index is 0.0525. The Morgan fingerprint density at radius 2 is 2.47 bits per heavy atom. The van der Waals surface area contributed by atoms with E-state index >= 15 is 0 Å². The molecule has 0 saturated carbocycles. The summed E-state index contributed by atoms with van der Waals surface area (Å²) in [6.45, 7) is 5.29. The molecule has 0 saturated heterocycles. The highest BCUT2D eigenvalue weighted by atomic mass is 79.9. The summed E-state index contributed by atoms with van der Waals surface area (Å²) in [6.07, 6.45) is 4.55. The lowest BCUT2D eigenvalue weighted by atomic mass is 10.1. The summed E-state index contributed by atoms with van der Waals surface area (Å²) in [7, 11) is 0. The maximum atomic E-state index is 11.5. The van der Waals surface area contributed by atoms with Gasteiger partial charge < -0.3 is 5.32 Å². The van der Waals surface area contributed by atoms with Crippen molar-refractivity contribution >= 4 is 21.8 Å². The van der Waals surface area contributed by atoms with Crippen LogP contribution < -0.4 is 5.32 Å². The number of rotatable bonds is 5. The molecule has 0 aliphatic rings. The van der Waals surface area contributed by atoms with E-state index in [-0.39, 0.29) is 11.8 Å². The highest BCUT2D eigenvalue weighted by molar-refractivity contribution is 9.10. The zero-order chi connectivity index (χ0) is 11.3. The number of hydrogen-bond donors (Lipinski definition) is 1. The van der Waals surface area contributed by atoms with Gasteiger partial charge in [-0.25, -0.2) is 0 Å². The summed E-state index contributed by atoms with van der Waals surface area (Å²) >= 11 is 3.32. The van der Waals surface area contributed by atoms with Crippen molar-refractivity contribution in [3.8, 4) is 0 Å². The van der Waals surface area contributed by atoms with Gasteiger partial charge in [-0.15, -0.1) is 0 Å². The standard InChI is InChI=1S/C10H16BrN3O/c1-3-4-12-10(15)8(2)6-14-7-9(11)5-13-14/h5,7-8H,3-4,6H2,1-2H3,(H,12,15)/t8-/m1/s1. The van der Waals surface area contributed by atoms with Gasteiger partial charge in [0.25, 0.3) is 0 Å². The zero-order valence-electron chi connectivity index (χ0n) is 9.03. The number of nitrogens with one attached hydrogen (secondary N) is 1. The van der Waals surface area contributed by atoms with Crippen LogP contribution in [0.4, 0.5) is 0 Å². The fraction of sp³-hybridized carbons (Fsp3) is 0.600. The van der Waals surface area contributed by atoms with Crippen molar-refractivity contribution in [2.45, 2.75) is 26.8 Å². The lowest BCUT2D eigenvalue weighted by Gasteiger charge is -2.11. The van der Waals surface area contributed by atoms with E-state index in [9.17, 15) is 4.79 Å². The van der Waals surface area contributed by atoms with Gasteiger partial charge in [-0.2, -0.15) is 5.10 Å². The van der Waals surface area contributed by atoms with Crippen LogP contribution in [0, 0.1) is 5.92 Å². The second-order valence-corrected chi connectivity index (χ2v) is 4.49. The number of amides is 1. The largest absolute Gasteiger partial charge is 0.356 e. The van der Waals surface area contributed by atoms with E-state index < -0.39 is 0 Å². The van der Waals surface area contributed by atoms with Gasteiger partial charge in [0.05, 0.1) is 23.1 Å². The molecular formula is C10H16BrN3O. The van der Waals surface area contributed by atoms with Gasteiger partial charge in [0.1, 0.15) is 0 Å². The molecule has 5 heteroatoms. The van der Waals surface area contributed by atoms with Gasteiger partial charge in [-0.3, -0.25) is 9.48 Å². The molecule has 0 bridgehead atoms. The van der Waals surface area contributed by atoms with Crippen LogP contribution in [-0.4, -0.2) is 22.2 Å². The van der Waals surface area contributed by atoms with E-state index in [1.165, 1.54) is 0 Å². The Balaban J connectivity index is 2.41. The molecule has 4 nitrogen and oxygen atoms in total. The van der Waals surface area contributed by atoms with Gasteiger partial charge in [0, 0.05) is 12.7 Å². The van der Waals surface area contributed by atoms with Crippen LogP contribution in [0.2, 0.25) is 0 Å². The molecule has 1 heterocycles. The van der Waals surface area contributed by atoms with E-state index in [2.05, 4.69) is 26.3 Å². The molecule has 0 radical (unpaired) electrons. The number of aromatic nitrogens is 2. The first kappa shape index (κ1) is 12.2. The number of carbonyl (C=O) groups is 1. The van der Waals surface area contributed by atoms with Crippen molar-refractivity contribution < 1.29 is 4.79 Å². The van der Waals surface area contributed by atoms with Crippen LogP contribution in [0.15, 0.2) is 16.9 Å². The average molecular weight is 274 g/mol. The van der Waals surface area contributed by atoms with Crippen molar-refractivity contribution in [1.82, 2.24) is 15.1 Å². The number of carbonyl (C=O) groups excluding carboxylic acids is 1. The first-order valence-corrected chi connectivity index (χ1v) is 5.88. The molecule has 1 aromatic heterocycles. The maximum absolute atomic E-state index is 11.5. The van der Waals surface area contributed by atoms with Gasteiger partial charge in [-0.05, 0) is 22.4 Å². The van der Waals surface area contributed by atoms with Crippen LogP contribution in [0.3, 0.4) is 0 Å². The smallest absolute Gasteiger partial charge is 0.224 e. The van der Waals surface area contributed by atoms with Gasteiger partial charge in [0.2, 0.25) is 5.91 Å². The second kappa shape index (κ2) is 5.90. The fourth-order valence-electron chi connectivity index (χ4n) is 1.22. The Bertz CT molecular complexity index is 324. The molecular weight excluding hydrogens is 258 g/mol. The average Bonchev–Trinajstić information content (AvgIpc) is 2.60. The third-order valence-electron chi connectivity index (χ3n) is 2.06. The molecule has 0 aromatic carbocycles. The first-order valence-electron chi connectivity index (χ1n) is 5.09. The zero-order valence-corrected chi connectivity index (χ0v) is 10.6. The third-order valence-corrected chi connectivity index (χ3v) is 2.47. The normalized spacial score (nSPS) is 12.5. The number of halogens is 1. The minimum Gasteiger partial charge on any atom is -0.356 e. The lowest BCUT2D eigenvalue weighted by molar-refractivity contribution is -0.124. The minimum atomic E-state index is -0.0525. The predicted molar refractivity (Wildman–Crippen MR) is 62.4 cm³/mol. The molecule has 1 aromatic rings. The molecule has 0 fully saturated rings. The number of hydrogen-bond acceptors (Lipinski definition) is 2. The van der Waals surface area contributed by atoms with E-state index in [1.54, 1.807) is 10.9 Å². The molecule has 0 aliphatic heterocycles. The van der Waals surface area contributed by atoms with Crippen molar-refractivity contribution in [1.29, 1.82) is 0 Å². The van der Waals surface area contributed by atoms with E-state index in [4.69, 9.17) is 0 Å². The third kappa shape index (κ3) is 4.03. The Kier molecular flexibility index (Phi) is 4.81. The highest BCUT2D eigenvalue weighted by Gasteiger charge is 2.12. The summed E-state index contributed by atoms with van der Waals surface area (Å²) in [5, 5.41) is 6.98. The Hall–Kier alpha value is -0.840. The van der Waals surface area contributed by atoms with Gasteiger partial charge >= 0.3 is 0 Å². The summed E-state index contributed by atoms with van der Waals surface area (Å²) < 4.78 is 2.70.